The lowest BCUT2D eigenvalue weighted by molar-refractivity contribution is 0.101. The zero-order valence-electron chi connectivity index (χ0n) is 14.5. The normalized spacial score (nSPS) is 12.9. The second-order valence-electron chi connectivity index (χ2n) is 5.48. The van der Waals surface area contributed by atoms with Gasteiger partial charge >= 0.3 is 0 Å². The molecule has 0 radical (unpaired) electrons. The minimum Gasteiger partial charge on any atom is -0.491 e. The average Bonchev–Trinajstić information content (AvgIpc) is 2.89. The van der Waals surface area contributed by atoms with E-state index < -0.39 is 0 Å². The molecule has 2 N–H and O–H groups in total. The maximum absolute atomic E-state index is 12.3. The molecular formula is C15H18BN5O4. The van der Waals surface area contributed by atoms with Gasteiger partial charge in [-0.1, -0.05) is 0 Å². The monoisotopic (exact) mass is 343 g/mol. The molecule has 10 heteroatoms. The summed E-state index contributed by atoms with van der Waals surface area (Å²) < 4.78 is 16.1. The number of fused-ring (bicyclic) bond motifs is 1. The summed E-state index contributed by atoms with van der Waals surface area (Å²) in [5.74, 6) is 1.94. The largest absolute Gasteiger partial charge is 0.491 e. The van der Waals surface area contributed by atoms with Crippen molar-refractivity contribution in [2.24, 2.45) is 0 Å². The van der Waals surface area contributed by atoms with E-state index in [1.54, 1.807) is 18.9 Å². The summed E-state index contributed by atoms with van der Waals surface area (Å²) in [6.45, 7) is 0.478. The fourth-order valence-corrected chi connectivity index (χ4v) is 2.93. The zero-order valence-corrected chi connectivity index (χ0v) is 14.5. The first-order chi connectivity index (χ1) is 12.0. The van der Waals surface area contributed by atoms with E-state index in [-0.39, 0.29) is 18.3 Å². The van der Waals surface area contributed by atoms with Crippen LogP contribution in [0.15, 0.2) is 6.20 Å². The molecule has 2 aromatic heterocycles. The van der Waals surface area contributed by atoms with E-state index in [9.17, 15) is 4.79 Å². The Labute approximate surface area is 145 Å². The fraction of sp³-hybridized carbons (Fsp3) is 0.333. The molecule has 1 aliphatic heterocycles. The van der Waals surface area contributed by atoms with Crippen molar-refractivity contribution >= 4 is 31.0 Å². The van der Waals surface area contributed by atoms with Crippen LogP contribution in [-0.2, 0) is 6.54 Å². The van der Waals surface area contributed by atoms with Gasteiger partial charge in [0.25, 0.3) is 0 Å². The van der Waals surface area contributed by atoms with Gasteiger partial charge in [0.15, 0.2) is 25.1 Å². The van der Waals surface area contributed by atoms with Crippen LogP contribution < -0.4 is 30.4 Å². The number of hydrogen-bond donors (Lipinski definition) is 1. The van der Waals surface area contributed by atoms with Crippen molar-refractivity contribution in [2.45, 2.75) is 6.54 Å². The first kappa shape index (κ1) is 16.8. The molecule has 0 amide bonds. The van der Waals surface area contributed by atoms with Crippen molar-refractivity contribution in [2.75, 3.05) is 38.5 Å². The van der Waals surface area contributed by atoms with Gasteiger partial charge in [-0.05, 0) is 0 Å². The van der Waals surface area contributed by atoms with Gasteiger partial charge in [0.1, 0.15) is 11.5 Å². The topological polar surface area (TPSA) is 113 Å². The second kappa shape index (κ2) is 6.46. The molecule has 0 spiro atoms. The number of pyridine rings is 1. The van der Waals surface area contributed by atoms with E-state index in [2.05, 4.69) is 15.0 Å². The van der Waals surface area contributed by atoms with Gasteiger partial charge in [-0.2, -0.15) is 4.98 Å². The molecule has 3 rings (SSSR count). The number of ketones is 1. The van der Waals surface area contributed by atoms with Gasteiger partial charge in [-0.3, -0.25) is 9.78 Å². The van der Waals surface area contributed by atoms with E-state index in [0.29, 0.717) is 46.5 Å². The molecule has 130 valence electrons. The number of methoxy groups -OCH3 is 3. The molecule has 0 saturated heterocycles. The average molecular weight is 343 g/mol. The smallest absolute Gasteiger partial charge is 0.221 e. The highest BCUT2D eigenvalue weighted by molar-refractivity contribution is 6.37. The van der Waals surface area contributed by atoms with Crippen molar-refractivity contribution in [3.63, 3.8) is 0 Å². The Morgan fingerprint density at radius 1 is 1.20 bits per heavy atom. The third kappa shape index (κ3) is 2.79. The second-order valence-corrected chi connectivity index (χ2v) is 5.48. The summed E-state index contributed by atoms with van der Waals surface area (Å²) in [6, 6.07) is 0. The van der Waals surface area contributed by atoms with Crippen LogP contribution in [-0.4, -0.2) is 56.5 Å². The van der Waals surface area contributed by atoms with Crippen LogP contribution in [0.4, 0.5) is 11.8 Å². The molecule has 9 nitrogen and oxygen atoms in total. The molecule has 0 aliphatic carbocycles. The number of hydrogen-bond acceptors (Lipinski definition) is 9. The molecule has 2 aromatic rings. The van der Waals surface area contributed by atoms with Crippen LogP contribution in [0.25, 0.3) is 0 Å². The number of nitrogen functional groups attached to an aromatic ring is 1. The van der Waals surface area contributed by atoms with Crippen molar-refractivity contribution < 1.29 is 19.0 Å². The molecule has 0 atom stereocenters. The van der Waals surface area contributed by atoms with Crippen molar-refractivity contribution in [3.05, 3.63) is 17.5 Å². The summed E-state index contributed by atoms with van der Waals surface area (Å²) in [5.41, 5.74) is 7.39. The first-order valence-corrected chi connectivity index (χ1v) is 7.56. The Balaban J connectivity index is 2.02. The van der Waals surface area contributed by atoms with Crippen molar-refractivity contribution in [3.8, 4) is 17.2 Å². The number of nitrogens with zero attached hydrogens (tertiary/aromatic N) is 4. The minimum atomic E-state index is -0.0491. The molecule has 0 saturated carbocycles. The molecule has 25 heavy (non-hydrogen) atoms. The van der Waals surface area contributed by atoms with E-state index >= 15 is 0 Å². The van der Waals surface area contributed by atoms with E-state index in [1.165, 1.54) is 21.3 Å². The summed E-state index contributed by atoms with van der Waals surface area (Å²) in [5, 5.41) is 0. The highest BCUT2D eigenvalue weighted by Gasteiger charge is 2.32. The highest BCUT2D eigenvalue weighted by atomic mass is 16.5. The van der Waals surface area contributed by atoms with Gasteiger partial charge < -0.3 is 24.8 Å². The number of nitrogens with two attached hydrogens (primary N) is 1. The molecule has 1 aliphatic rings. The number of carbonyl (C=O) groups is 1. The Morgan fingerprint density at radius 3 is 2.56 bits per heavy atom. The van der Waals surface area contributed by atoms with Crippen LogP contribution in [0, 0.1) is 0 Å². The predicted molar refractivity (Wildman–Crippen MR) is 93.9 cm³/mol. The lowest BCUT2D eigenvalue weighted by atomic mass is 9.97. The molecule has 0 aromatic carbocycles. The molecule has 0 fully saturated rings. The van der Waals surface area contributed by atoms with Crippen LogP contribution >= 0.6 is 0 Å². The number of Topliss-reactive ketones (excluding diaryl/α,β-unsaturated/α-hetero) is 1. The van der Waals surface area contributed by atoms with Gasteiger partial charge in [0, 0.05) is 5.59 Å². The third-order valence-corrected chi connectivity index (χ3v) is 4.00. The first-order valence-electron chi connectivity index (χ1n) is 7.56. The zero-order chi connectivity index (χ0) is 18.1. The predicted octanol–water partition coefficient (Wildman–Crippen LogP) is -1.06. The number of aromatic nitrogens is 3. The van der Waals surface area contributed by atoms with Crippen LogP contribution in [0.2, 0.25) is 0 Å². The quantitative estimate of drug-likeness (QED) is 0.679. The van der Waals surface area contributed by atoms with E-state index in [1.807, 2.05) is 0 Å². The van der Waals surface area contributed by atoms with Gasteiger partial charge in [-0.15, -0.1) is 0 Å². The SMILES string of the molecule is Bc1nc(N)nc2c1C(=O)CN2Cc1ncc(OC)c(OC)c1OC. The molecule has 0 unspecified atom stereocenters. The van der Waals surface area contributed by atoms with Gasteiger partial charge in [0.2, 0.25) is 11.7 Å². The highest BCUT2D eigenvalue weighted by Crippen LogP contribution is 2.39. The summed E-state index contributed by atoms with van der Waals surface area (Å²) in [4.78, 5) is 26.8. The third-order valence-electron chi connectivity index (χ3n) is 4.00. The van der Waals surface area contributed by atoms with Gasteiger partial charge in [0.05, 0.1) is 46.2 Å². The fourth-order valence-electron chi connectivity index (χ4n) is 2.93. The number of anilines is 2. The minimum absolute atomic E-state index is 0.0491. The molecular weight excluding hydrogens is 325 g/mol. The Hall–Kier alpha value is -3.04. The number of rotatable bonds is 5. The number of ether oxygens (including phenoxy) is 3. The Bertz CT molecular complexity index is 845. The van der Waals surface area contributed by atoms with Gasteiger partial charge in [-0.25, -0.2) is 4.98 Å². The standard InChI is InChI=1S/C15H18BN5O4/c1-23-9-4-18-7(11(24-2)12(9)25-3)5-21-6-8(22)10-13(16)19-15(17)20-14(10)21/h4H,5-6,16H2,1-3H3,(H2,17,19,20). The molecule has 3 heterocycles. The van der Waals surface area contributed by atoms with Crippen LogP contribution in [0.3, 0.4) is 0 Å². The maximum Gasteiger partial charge on any atom is 0.221 e. The van der Waals surface area contributed by atoms with E-state index in [0.717, 1.165) is 0 Å². The van der Waals surface area contributed by atoms with E-state index in [4.69, 9.17) is 19.9 Å². The molecule has 0 bridgehead atoms. The summed E-state index contributed by atoms with van der Waals surface area (Å²) >= 11 is 0. The van der Waals surface area contributed by atoms with Crippen LogP contribution in [0.1, 0.15) is 16.1 Å². The Morgan fingerprint density at radius 2 is 1.92 bits per heavy atom. The lowest BCUT2D eigenvalue weighted by Crippen LogP contribution is -2.24. The Kier molecular flexibility index (Phi) is 4.34. The van der Waals surface area contributed by atoms with Crippen molar-refractivity contribution in [1.82, 2.24) is 15.0 Å². The van der Waals surface area contributed by atoms with Crippen molar-refractivity contribution in [1.29, 1.82) is 0 Å². The summed E-state index contributed by atoms with van der Waals surface area (Å²) in [6.07, 6.45) is 1.55. The lowest BCUT2D eigenvalue weighted by Gasteiger charge is -2.20. The van der Waals surface area contributed by atoms with Crippen LogP contribution in [0.5, 0.6) is 17.2 Å². The summed E-state index contributed by atoms with van der Waals surface area (Å²) in [7, 11) is 6.32. The maximum atomic E-state index is 12.3. The number of carbonyl (C=O) groups excluding carboxylic acids is 1.